The number of nitrogens with two attached hydrogens (primary N) is 1. The summed E-state index contributed by atoms with van der Waals surface area (Å²) >= 11 is 0. The van der Waals surface area contributed by atoms with Crippen LogP contribution in [0.5, 0.6) is 0 Å². The number of carbonyl (C=O) groups excluding carboxylic acids is 1. The quantitative estimate of drug-likeness (QED) is 0.434. The number of anilines is 1. The zero-order valence-electron chi connectivity index (χ0n) is 11.4. The fraction of sp³-hybridized carbons (Fsp3) is 0.143. The Morgan fingerprint density at radius 3 is 2.71 bits per heavy atom. The van der Waals surface area contributed by atoms with Gasteiger partial charge in [0.05, 0.1) is 0 Å². The number of aromatic amines is 1. The highest BCUT2D eigenvalue weighted by Crippen LogP contribution is 2.11. The molecular formula is C14H14ClN5O. The largest absolute Gasteiger partial charge is 1.00 e. The minimum atomic E-state index is 0. The Morgan fingerprint density at radius 2 is 2.00 bits per heavy atom. The number of aryl methyl sites for hydroxylation is 1. The second-order valence-corrected chi connectivity index (χ2v) is 4.55. The van der Waals surface area contributed by atoms with Crippen molar-refractivity contribution in [3.8, 4) is 0 Å². The van der Waals surface area contributed by atoms with E-state index in [1.165, 1.54) is 0 Å². The number of ketones is 1. The van der Waals surface area contributed by atoms with Crippen LogP contribution in [0.3, 0.4) is 0 Å². The van der Waals surface area contributed by atoms with Crippen molar-refractivity contribution in [2.75, 3.05) is 5.73 Å². The van der Waals surface area contributed by atoms with Crippen LogP contribution >= 0.6 is 0 Å². The maximum Gasteiger partial charge on any atom is 0.307 e. The molecule has 0 amide bonds. The number of benzene rings is 1. The summed E-state index contributed by atoms with van der Waals surface area (Å²) in [5.74, 6) is 0.986. The topological polar surface area (TPSA) is 88.5 Å². The van der Waals surface area contributed by atoms with Gasteiger partial charge >= 0.3 is 5.65 Å². The molecule has 7 heteroatoms. The average Bonchev–Trinajstić information content (AvgIpc) is 2.83. The number of aromatic nitrogens is 4. The van der Waals surface area contributed by atoms with Gasteiger partial charge in [-0.3, -0.25) is 9.78 Å². The molecule has 0 radical (unpaired) electrons. The lowest BCUT2D eigenvalue weighted by molar-refractivity contribution is -0.658. The van der Waals surface area contributed by atoms with Gasteiger partial charge in [-0.05, 0) is 0 Å². The molecule has 21 heavy (non-hydrogen) atoms. The molecule has 2 aromatic heterocycles. The Bertz CT molecular complexity index is 785. The minimum Gasteiger partial charge on any atom is -1.00 e. The van der Waals surface area contributed by atoms with Crippen LogP contribution in [-0.2, 0) is 6.54 Å². The van der Waals surface area contributed by atoms with E-state index in [2.05, 4.69) is 15.0 Å². The minimum absolute atomic E-state index is 0. The van der Waals surface area contributed by atoms with E-state index in [4.69, 9.17) is 5.73 Å². The number of carbonyl (C=O) groups is 1. The molecule has 0 spiro atoms. The van der Waals surface area contributed by atoms with E-state index >= 15 is 0 Å². The third-order valence-corrected chi connectivity index (χ3v) is 3.08. The van der Waals surface area contributed by atoms with Gasteiger partial charge in [0.1, 0.15) is 6.54 Å². The number of hydrogen-bond donors (Lipinski definition) is 2. The van der Waals surface area contributed by atoms with Gasteiger partial charge in [0, 0.05) is 12.5 Å². The molecule has 108 valence electrons. The van der Waals surface area contributed by atoms with E-state index in [9.17, 15) is 4.79 Å². The van der Waals surface area contributed by atoms with Gasteiger partial charge in [-0.2, -0.15) is 4.98 Å². The normalized spacial score (nSPS) is 10.3. The molecule has 0 saturated carbocycles. The fourth-order valence-electron chi connectivity index (χ4n) is 2.12. The number of imidazole rings is 1. The van der Waals surface area contributed by atoms with Gasteiger partial charge in [-0.1, -0.05) is 35.3 Å². The third-order valence-electron chi connectivity index (χ3n) is 3.08. The van der Waals surface area contributed by atoms with Crippen LogP contribution in [0.1, 0.15) is 16.2 Å². The van der Waals surface area contributed by atoms with Gasteiger partial charge in [0.15, 0.2) is 17.9 Å². The molecule has 0 fully saturated rings. The summed E-state index contributed by atoms with van der Waals surface area (Å²) in [6.07, 6.45) is 1.69. The highest BCUT2D eigenvalue weighted by Gasteiger charge is 2.18. The molecular weight excluding hydrogens is 290 g/mol. The van der Waals surface area contributed by atoms with Crippen LogP contribution in [0.25, 0.3) is 11.2 Å². The molecule has 0 unspecified atom stereocenters. The van der Waals surface area contributed by atoms with Crippen molar-refractivity contribution in [2.45, 2.75) is 13.5 Å². The summed E-state index contributed by atoms with van der Waals surface area (Å²) in [6.45, 7) is 1.98. The van der Waals surface area contributed by atoms with Crippen LogP contribution in [0.4, 0.5) is 5.82 Å². The predicted molar refractivity (Wildman–Crippen MR) is 74.0 cm³/mol. The van der Waals surface area contributed by atoms with Crippen LogP contribution in [0.2, 0.25) is 0 Å². The lowest BCUT2D eigenvalue weighted by Gasteiger charge is -1.99. The maximum atomic E-state index is 12.2. The monoisotopic (exact) mass is 303 g/mol. The number of H-pyrrole nitrogens is 1. The summed E-state index contributed by atoms with van der Waals surface area (Å²) in [5, 5.41) is 0. The van der Waals surface area contributed by atoms with E-state index in [0.29, 0.717) is 28.4 Å². The first-order valence-electron chi connectivity index (χ1n) is 6.24. The smallest absolute Gasteiger partial charge is 0.307 e. The summed E-state index contributed by atoms with van der Waals surface area (Å²) in [6, 6.07) is 9.17. The van der Waals surface area contributed by atoms with Gasteiger partial charge in [-0.15, -0.1) is 0 Å². The lowest BCUT2D eigenvalue weighted by atomic mass is 10.1. The van der Waals surface area contributed by atoms with E-state index in [-0.39, 0.29) is 24.7 Å². The number of nitrogen functional groups attached to an aromatic ring is 1. The van der Waals surface area contributed by atoms with Crippen molar-refractivity contribution in [2.24, 2.45) is 0 Å². The number of nitrogens with one attached hydrogen (secondary N) is 1. The zero-order chi connectivity index (χ0) is 14.1. The van der Waals surface area contributed by atoms with E-state index in [1.807, 2.05) is 18.2 Å². The number of fused-ring (bicyclic) bond motifs is 1. The molecule has 0 aliphatic rings. The Morgan fingerprint density at radius 1 is 1.29 bits per heavy atom. The first-order chi connectivity index (χ1) is 9.65. The standard InChI is InChI=1S/C14H13N5O.ClH/c1-9-17-13(15)12-14(18-9)19(8-16-12)7-11(20)10-5-3-2-4-6-10;/h2-6,8H,7H2,1H3,(H2,15,17,18);1H. The maximum absolute atomic E-state index is 12.2. The first kappa shape index (κ1) is 14.9. The number of hydrogen-bond acceptors (Lipinski definition) is 4. The van der Waals surface area contributed by atoms with Crippen LogP contribution in [0, 0.1) is 6.92 Å². The Hall–Kier alpha value is -2.47. The third kappa shape index (κ3) is 2.85. The van der Waals surface area contributed by atoms with Gasteiger partial charge in [-0.25, -0.2) is 4.57 Å². The molecule has 0 bridgehead atoms. The van der Waals surface area contributed by atoms with Crippen molar-refractivity contribution >= 4 is 22.8 Å². The molecule has 3 aromatic rings. The van der Waals surface area contributed by atoms with Gasteiger partial charge in [0.2, 0.25) is 11.3 Å². The van der Waals surface area contributed by atoms with Gasteiger partial charge < -0.3 is 18.1 Å². The Labute approximate surface area is 127 Å². The van der Waals surface area contributed by atoms with Crippen LogP contribution < -0.4 is 22.7 Å². The first-order valence-corrected chi connectivity index (χ1v) is 6.24. The Kier molecular flexibility index (Phi) is 4.18. The molecule has 0 aliphatic carbocycles. The van der Waals surface area contributed by atoms with Crippen molar-refractivity contribution in [1.82, 2.24) is 15.0 Å². The van der Waals surface area contributed by atoms with E-state index in [0.717, 1.165) is 0 Å². The second kappa shape index (κ2) is 5.88. The number of nitrogens with zero attached hydrogens (tertiary/aromatic N) is 3. The number of Topliss-reactive ketones (excluding diaryl/α,β-unsaturated/α-hetero) is 1. The highest BCUT2D eigenvalue weighted by atomic mass is 35.5. The Balaban J connectivity index is 0.00000161. The van der Waals surface area contributed by atoms with Crippen molar-refractivity contribution in [3.63, 3.8) is 0 Å². The predicted octanol–water partition coefficient (Wildman–Crippen LogP) is -1.98. The van der Waals surface area contributed by atoms with E-state index < -0.39 is 0 Å². The molecule has 2 heterocycles. The fourth-order valence-corrected chi connectivity index (χ4v) is 2.12. The molecule has 1 aromatic carbocycles. The molecule has 0 aliphatic heterocycles. The summed E-state index contributed by atoms with van der Waals surface area (Å²) < 4.78 is 1.75. The molecule has 0 saturated heterocycles. The summed E-state index contributed by atoms with van der Waals surface area (Å²) in [4.78, 5) is 23.6. The molecule has 6 nitrogen and oxygen atoms in total. The second-order valence-electron chi connectivity index (χ2n) is 4.55. The zero-order valence-corrected chi connectivity index (χ0v) is 12.1. The lowest BCUT2D eigenvalue weighted by Crippen LogP contribution is -3.00. The van der Waals surface area contributed by atoms with Crippen molar-refractivity contribution < 1.29 is 21.8 Å². The number of halogens is 1. The summed E-state index contributed by atoms with van der Waals surface area (Å²) in [7, 11) is 0. The van der Waals surface area contributed by atoms with E-state index in [1.54, 1.807) is 30.0 Å². The van der Waals surface area contributed by atoms with Crippen LogP contribution in [0.15, 0.2) is 36.7 Å². The van der Waals surface area contributed by atoms with Crippen molar-refractivity contribution in [3.05, 3.63) is 48.0 Å². The average molecular weight is 304 g/mol. The molecule has 3 N–H and O–H groups in total. The molecule has 3 rings (SSSR count). The molecule has 0 atom stereocenters. The van der Waals surface area contributed by atoms with Crippen LogP contribution in [-0.4, -0.2) is 20.7 Å². The van der Waals surface area contributed by atoms with Gasteiger partial charge in [0.25, 0.3) is 0 Å². The van der Waals surface area contributed by atoms with Crippen molar-refractivity contribution in [1.29, 1.82) is 0 Å². The highest BCUT2D eigenvalue weighted by molar-refractivity contribution is 5.95. The SMILES string of the molecule is Cc1nc(N)c2[nH]c[n+](CC(=O)c3ccccc3)c2n1.[Cl-]. The summed E-state index contributed by atoms with van der Waals surface area (Å²) in [5.41, 5.74) is 7.79. The number of rotatable bonds is 3.